The fraction of sp³-hybridized carbons (Fsp3) is 0.375. The number of alkyl halides is 2. The van der Waals surface area contributed by atoms with Gasteiger partial charge in [0.05, 0.1) is 12.1 Å². The average Bonchev–Trinajstić information content (AvgIpc) is 3.63. The third-order valence-electron chi connectivity index (χ3n) is 5.62. The number of nitrogens with two attached hydrogens (primary N) is 1. The molecule has 10 heteroatoms. The maximum Gasteiger partial charge on any atom is 0.286 e. The van der Waals surface area contributed by atoms with Gasteiger partial charge in [-0.1, -0.05) is 12.1 Å². The standard InChI is InChI=1S/C24H25F3N6O/c1-24(26,27)20-9-4-16(12-30-20)13-33(18-6-7-18)23-22(25)19(31-14-32-23)8-3-15-2-5-17(29-11-15)10-21(28)34/h2,4-5,9,11-12,14,18H,3,6-8,10,13H2,1H3,(H2,28,34). The minimum absolute atomic E-state index is 0.0697. The molecule has 3 aromatic heterocycles. The van der Waals surface area contributed by atoms with E-state index in [9.17, 15) is 13.6 Å². The lowest BCUT2D eigenvalue weighted by molar-refractivity contribution is -0.117. The first-order valence-electron chi connectivity index (χ1n) is 11.0. The number of anilines is 1. The van der Waals surface area contributed by atoms with Gasteiger partial charge >= 0.3 is 0 Å². The van der Waals surface area contributed by atoms with Crippen LogP contribution in [0.1, 0.15) is 48.0 Å². The van der Waals surface area contributed by atoms with Gasteiger partial charge in [-0.25, -0.2) is 14.4 Å². The predicted molar refractivity (Wildman–Crippen MR) is 120 cm³/mol. The Balaban J connectivity index is 1.47. The minimum Gasteiger partial charge on any atom is -0.369 e. The summed E-state index contributed by atoms with van der Waals surface area (Å²) < 4.78 is 42.3. The molecule has 4 rings (SSSR count). The average molecular weight is 470 g/mol. The summed E-state index contributed by atoms with van der Waals surface area (Å²) in [5.41, 5.74) is 7.32. The molecule has 1 saturated carbocycles. The molecule has 1 aliphatic rings. The van der Waals surface area contributed by atoms with Crippen molar-refractivity contribution in [3.63, 3.8) is 0 Å². The van der Waals surface area contributed by atoms with Crippen molar-refractivity contribution in [3.05, 3.63) is 77.0 Å². The van der Waals surface area contributed by atoms with E-state index in [0.29, 0.717) is 30.6 Å². The molecular weight excluding hydrogens is 445 g/mol. The van der Waals surface area contributed by atoms with Crippen LogP contribution in [0.3, 0.4) is 0 Å². The molecule has 1 amide bonds. The summed E-state index contributed by atoms with van der Waals surface area (Å²) in [6.45, 7) is 1.11. The Morgan fingerprint density at radius 1 is 1.06 bits per heavy atom. The quantitative estimate of drug-likeness (QED) is 0.487. The Bertz CT molecular complexity index is 1140. The number of aromatic nitrogens is 4. The van der Waals surface area contributed by atoms with E-state index in [4.69, 9.17) is 5.73 Å². The molecular formula is C24H25F3N6O. The lowest BCUT2D eigenvalue weighted by atomic mass is 10.1. The largest absolute Gasteiger partial charge is 0.369 e. The molecule has 0 spiro atoms. The van der Waals surface area contributed by atoms with E-state index in [1.165, 1.54) is 18.6 Å². The Kier molecular flexibility index (Phi) is 6.76. The fourth-order valence-corrected chi connectivity index (χ4v) is 3.66. The predicted octanol–water partition coefficient (Wildman–Crippen LogP) is 3.50. The minimum atomic E-state index is -3.01. The number of pyridine rings is 2. The molecule has 1 fully saturated rings. The lowest BCUT2D eigenvalue weighted by Gasteiger charge is -2.24. The van der Waals surface area contributed by atoms with E-state index in [1.807, 2.05) is 11.0 Å². The number of aryl methyl sites for hydroxylation is 2. The SMILES string of the molecule is CC(F)(F)c1ccc(CN(c2ncnc(CCc3ccc(CC(N)=O)nc3)c2F)C2CC2)cn1. The van der Waals surface area contributed by atoms with Crippen LogP contribution in [0.25, 0.3) is 0 Å². The normalized spacial score (nSPS) is 13.6. The van der Waals surface area contributed by atoms with Crippen molar-refractivity contribution in [3.8, 4) is 0 Å². The highest BCUT2D eigenvalue weighted by molar-refractivity contribution is 5.76. The molecule has 0 saturated heterocycles. The highest BCUT2D eigenvalue weighted by Gasteiger charge is 2.33. The number of rotatable bonds is 10. The zero-order valence-corrected chi connectivity index (χ0v) is 18.7. The molecule has 0 bridgehead atoms. The van der Waals surface area contributed by atoms with Gasteiger partial charge in [0.25, 0.3) is 5.92 Å². The second kappa shape index (κ2) is 9.74. The number of hydrogen-bond acceptors (Lipinski definition) is 6. The molecule has 2 N–H and O–H groups in total. The van der Waals surface area contributed by atoms with Gasteiger partial charge in [0.2, 0.25) is 5.91 Å². The molecule has 34 heavy (non-hydrogen) atoms. The Hall–Kier alpha value is -3.56. The van der Waals surface area contributed by atoms with E-state index in [1.54, 1.807) is 18.3 Å². The molecule has 0 aromatic carbocycles. The van der Waals surface area contributed by atoms with Gasteiger partial charge in [-0.3, -0.25) is 14.8 Å². The van der Waals surface area contributed by atoms with Crippen LogP contribution in [0.2, 0.25) is 0 Å². The monoisotopic (exact) mass is 470 g/mol. The number of amides is 1. The number of hydrogen-bond donors (Lipinski definition) is 1. The van der Waals surface area contributed by atoms with Gasteiger partial charge in [0.15, 0.2) is 11.6 Å². The van der Waals surface area contributed by atoms with E-state index < -0.39 is 17.6 Å². The van der Waals surface area contributed by atoms with Gasteiger partial charge in [0.1, 0.15) is 12.0 Å². The van der Waals surface area contributed by atoms with Crippen LogP contribution < -0.4 is 10.6 Å². The fourth-order valence-electron chi connectivity index (χ4n) is 3.66. The highest BCUT2D eigenvalue weighted by Crippen LogP contribution is 2.34. The van der Waals surface area contributed by atoms with Crippen LogP contribution in [0.4, 0.5) is 19.0 Å². The molecule has 7 nitrogen and oxygen atoms in total. The number of halogens is 3. The van der Waals surface area contributed by atoms with Crippen molar-refractivity contribution in [1.29, 1.82) is 0 Å². The van der Waals surface area contributed by atoms with Crippen LogP contribution >= 0.6 is 0 Å². The van der Waals surface area contributed by atoms with E-state index in [-0.39, 0.29) is 29.7 Å². The van der Waals surface area contributed by atoms with Crippen molar-refractivity contribution in [2.75, 3.05) is 4.90 Å². The first kappa shape index (κ1) is 23.6. The van der Waals surface area contributed by atoms with Gasteiger partial charge in [-0.05, 0) is 48.9 Å². The lowest BCUT2D eigenvalue weighted by Crippen LogP contribution is -2.28. The van der Waals surface area contributed by atoms with Crippen molar-refractivity contribution < 1.29 is 18.0 Å². The Morgan fingerprint density at radius 2 is 1.79 bits per heavy atom. The van der Waals surface area contributed by atoms with Crippen LogP contribution in [0.5, 0.6) is 0 Å². The van der Waals surface area contributed by atoms with Crippen molar-refractivity contribution in [1.82, 2.24) is 19.9 Å². The Morgan fingerprint density at radius 3 is 2.38 bits per heavy atom. The van der Waals surface area contributed by atoms with Gasteiger partial charge in [-0.15, -0.1) is 0 Å². The van der Waals surface area contributed by atoms with Crippen molar-refractivity contribution in [2.24, 2.45) is 5.73 Å². The van der Waals surface area contributed by atoms with Crippen LogP contribution in [-0.2, 0) is 36.5 Å². The summed E-state index contributed by atoms with van der Waals surface area (Å²) in [7, 11) is 0. The van der Waals surface area contributed by atoms with E-state index >= 15 is 4.39 Å². The highest BCUT2D eigenvalue weighted by atomic mass is 19.3. The number of carbonyl (C=O) groups excluding carboxylic acids is 1. The van der Waals surface area contributed by atoms with Gasteiger partial charge < -0.3 is 10.6 Å². The topological polar surface area (TPSA) is 97.9 Å². The number of nitrogens with zero attached hydrogens (tertiary/aromatic N) is 5. The van der Waals surface area contributed by atoms with E-state index in [0.717, 1.165) is 25.3 Å². The summed E-state index contributed by atoms with van der Waals surface area (Å²) in [5.74, 6) is -3.75. The first-order chi connectivity index (χ1) is 16.2. The number of primary amides is 1. The van der Waals surface area contributed by atoms with Crippen molar-refractivity contribution in [2.45, 2.75) is 57.5 Å². The second-order valence-corrected chi connectivity index (χ2v) is 8.56. The zero-order chi connectivity index (χ0) is 24.3. The maximum absolute atomic E-state index is 15.4. The molecule has 0 atom stereocenters. The number of carbonyl (C=O) groups is 1. The van der Waals surface area contributed by atoms with Crippen LogP contribution in [-0.4, -0.2) is 31.9 Å². The van der Waals surface area contributed by atoms with Crippen LogP contribution in [0, 0.1) is 5.82 Å². The summed E-state index contributed by atoms with van der Waals surface area (Å²) in [5, 5.41) is 0. The molecule has 0 unspecified atom stereocenters. The molecule has 0 radical (unpaired) electrons. The van der Waals surface area contributed by atoms with Crippen molar-refractivity contribution >= 4 is 11.7 Å². The Labute approximate surface area is 195 Å². The summed E-state index contributed by atoms with van der Waals surface area (Å²) in [6, 6.07) is 6.57. The third-order valence-corrected chi connectivity index (χ3v) is 5.62. The molecule has 0 aliphatic heterocycles. The first-order valence-corrected chi connectivity index (χ1v) is 11.0. The molecule has 3 aromatic rings. The van der Waals surface area contributed by atoms with Crippen LogP contribution in [0.15, 0.2) is 43.0 Å². The van der Waals surface area contributed by atoms with Gasteiger partial charge in [0, 0.05) is 37.6 Å². The van der Waals surface area contributed by atoms with Gasteiger partial charge in [-0.2, -0.15) is 8.78 Å². The third kappa shape index (κ3) is 5.86. The smallest absolute Gasteiger partial charge is 0.286 e. The maximum atomic E-state index is 15.4. The molecule has 178 valence electrons. The van der Waals surface area contributed by atoms with E-state index in [2.05, 4.69) is 19.9 Å². The summed E-state index contributed by atoms with van der Waals surface area (Å²) >= 11 is 0. The molecule has 1 aliphatic carbocycles. The zero-order valence-electron chi connectivity index (χ0n) is 18.7. The molecule has 3 heterocycles. The second-order valence-electron chi connectivity index (χ2n) is 8.56. The summed E-state index contributed by atoms with van der Waals surface area (Å²) in [4.78, 5) is 29.2. The summed E-state index contributed by atoms with van der Waals surface area (Å²) in [6.07, 6.45) is 7.12.